The summed E-state index contributed by atoms with van der Waals surface area (Å²) >= 11 is 0. The van der Waals surface area contributed by atoms with Crippen LogP contribution < -0.4 is 5.73 Å². The number of fused-ring (bicyclic) bond motifs is 1. The molecule has 0 radical (unpaired) electrons. The minimum Gasteiger partial charge on any atom is -0.330 e. The van der Waals surface area contributed by atoms with E-state index in [0.717, 1.165) is 28.6 Å². The van der Waals surface area contributed by atoms with Gasteiger partial charge in [0.1, 0.15) is 0 Å². The molecule has 0 saturated heterocycles. The second kappa shape index (κ2) is 5.97. The molecule has 0 unspecified atom stereocenters. The van der Waals surface area contributed by atoms with Crippen molar-refractivity contribution in [3.8, 4) is 11.1 Å². The van der Waals surface area contributed by atoms with Crippen LogP contribution in [0.5, 0.6) is 0 Å². The van der Waals surface area contributed by atoms with Crippen LogP contribution in [0.3, 0.4) is 0 Å². The van der Waals surface area contributed by atoms with Crippen LogP contribution in [0.15, 0.2) is 49.3 Å². The van der Waals surface area contributed by atoms with Gasteiger partial charge in [-0.2, -0.15) is 5.10 Å². The fourth-order valence-corrected chi connectivity index (χ4v) is 2.74. The van der Waals surface area contributed by atoms with E-state index in [4.69, 9.17) is 5.73 Å². The molecule has 118 valence electrons. The summed E-state index contributed by atoms with van der Waals surface area (Å²) in [6, 6.07) is 8.69. The van der Waals surface area contributed by atoms with Crippen LogP contribution in [0, 0.1) is 0 Å². The maximum atomic E-state index is 5.98. The van der Waals surface area contributed by atoms with Gasteiger partial charge < -0.3 is 5.73 Å². The van der Waals surface area contributed by atoms with Crippen molar-refractivity contribution < 1.29 is 0 Å². The molecule has 0 aliphatic heterocycles. The molecule has 0 saturated carbocycles. The summed E-state index contributed by atoms with van der Waals surface area (Å²) in [7, 11) is 0. The van der Waals surface area contributed by atoms with E-state index in [1.54, 1.807) is 0 Å². The van der Waals surface area contributed by atoms with E-state index >= 15 is 0 Å². The average Bonchev–Trinajstić information content (AvgIpc) is 3.03. The van der Waals surface area contributed by atoms with Gasteiger partial charge in [-0.3, -0.25) is 5.10 Å². The normalized spacial score (nSPS) is 11.8. The van der Waals surface area contributed by atoms with Crippen molar-refractivity contribution in [1.82, 2.24) is 15.2 Å². The Morgan fingerprint density at radius 2 is 2.13 bits per heavy atom. The number of nitrogens with one attached hydrogen (secondary N) is 1. The summed E-state index contributed by atoms with van der Waals surface area (Å²) in [4.78, 5) is 4.32. The van der Waals surface area contributed by atoms with Gasteiger partial charge in [0.05, 0.1) is 6.20 Å². The molecule has 3 rings (SSSR count). The minimum atomic E-state index is -0.0749. The third kappa shape index (κ3) is 2.90. The Balaban J connectivity index is 2.22. The van der Waals surface area contributed by atoms with Crippen molar-refractivity contribution >= 4 is 11.0 Å². The summed E-state index contributed by atoms with van der Waals surface area (Å²) in [5, 5.41) is 8.07. The second-order valence-electron chi connectivity index (χ2n) is 6.49. The van der Waals surface area contributed by atoms with E-state index in [9.17, 15) is 0 Å². The average molecular weight is 306 g/mol. The first-order valence-corrected chi connectivity index (χ1v) is 7.79. The Kier molecular flexibility index (Phi) is 4.01. The molecule has 2 heterocycles. The zero-order valence-corrected chi connectivity index (χ0v) is 13.6. The summed E-state index contributed by atoms with van der Waals surface area (Å²) in [6.45, 7) is 8.80. The monoisotopic (exact) mass is 306 g/mol. The van der Waals surface area contributed by atoms with Crippen LogP contribution in [-0.4, -0.2) is 21.7 Å². The molecule has 3 aromatic rings. The predicted molar refractivity (Wildman–Crippen MR) is 95.3 cm³/mol. The fraction of sp³-hybridized carbons (Fsp3) is 0.263. The molecule has 3 N–H and O–H groups in total. The van der Waals surface area contributed by atoms with Crippen molar-refractivity contribution in [2.24, 2.45) is 5.73 Å². The summed E-state index contributed by atoms with van der Waals surface area (Å²) in [5.41, 5.74) is 11.5. The minimum absolute atomic E-state index is 0.0749. The summed E-state index contributed by atoms with van der Waals surface area (Å²) in [5.74, 6) is 0. The largest absolute Gasteiger partial charge is 0.330 e. The van der Waals surface area contributed by atoms with Crippen LogP contribution in [-0.2, 0) is 11.8 Å². The van der Waals surface area contributed by atoms with Gasteiger partial charge in [0.15, 0.2) is 5.65 Å². The lowest BCUT2D eigenvalue weighted by molar-refractivity contribution is 0.539. The molecule has 4 nitrogen and oxygen atoms in total. The van der Waals surface area contributed by atoms with Crippen LogP contribution in [0.4, 0.5) is 0 Å². The fourth-order valence-electron chi connectivity index (χ4n) is 2.74. The van der Waals surface area contributed by atoms with Crippen molar-refractivity contribution in [3.05, 3.63) is 60.4 Å². The first-order valence-electron chi connectivity index (χ1n) is 7.79. The number of nitrogens with zero attached hydrogens (tertiary/aromatic N) is 2. The van der Waals surface area contributed by atoms with E-state index in [2.05, 4.69) is 53.8 Å². The molecule has 4 heteroatoms. The van der Waals surface area contributed by atoms with Crippen molar-refractivity contribution in [1.29, 1.82) is 0 Å². The van der Waals surface area contributed by atoms with Gasteiger partial charge in [0.2, 0.25) is 0 Å². The molecule has 23 heavy (non-hydrogen) atoms. The zero-order valence-electron chi connectivity index (χ0n) is 13.6. The number of allylic oxidation sites excluding steroid dienone is 1. The second-order valence-corrected chi connectivity index (χ2v) is 6.49. The molecule has 0 atom stereocenters. The molecular formula is C19H22N4. The van der Waals surface area contributed by atoms with Gasteiger partial charge in [-0.15, -0.1) is 6.58 Å². The van der Waals surface area contributed by atoms with Gasteiger partial charge in [-0.25, -0.2) is 4.98 Å². The Bertz CT molecular complexity index is 845. The number of H-pyrrole nitrogens is 1. The van der Waals surface area contributed by atoms with Gasteiger partial charge in [-0.1, -0.05) is 38.1 Å². The van der Waals surface area contributed by atoms with Gasteiger partial charge in [0, 0.05) is 23.5 Å². The smallest absolute Gasteiger partial charge is 0.155 e. The van der Waals surface area contributed by atoms with Crippen molar-refractivity contribution in [2.75, 3.05) is 6.54 Å². The summed E-state index contributed by atoms with van der Waals surface area (Å²) < 4.78 is 0. The maximum absolute atomic E-state index is 5.98. The number of hydrogen-bond acceptors (Lipinski definition) is 3. The number of benzene rings is 1. The standard InChI is InChI=1S/C19H22N4/c1-4-5-13-8-14(10-15(9-13)19(2,3)12-20)16-6-7-21-18-17(16)11-22-23-18/h4,6-11H,1,5,12,20H2,2-3H3,(H,21,22,23). The Hall–Kier alpha value is -2.46. The lowest BCUT2D eigenvalue weighted by Crippen LogP contribution is -2.28. The van der Waals surface area contributed by atoms with E-state index in [0.29, 0.717) is 6.54 Å². The number of nitrogens with two attached hydrogens (primary N) is 1. The van der Waals surface area contributed by atoms with Crippen LogP contribution in [0.25, 0.3) is 22.2 Å². The Morgan fingerprint density at radius 3 is 2.87 bits per heavy atom. The molecular weight excluding hydrogens is 284 g/mol. The van der Waals surface area contributed by atoms with Gasteiger partial charge >= 0.3 is 0 Å². The molecule has 1 aromatic carbocycles. The molecule has 0 fully saturated rings. The molecule has 0 aliphatic rings. The van der Waals surface area contributed by atoms with Crippen molar-refractivity contribution in [3.63, 3.8) is 0 Å². The maximum Gasteiger partial charge on any atom is 0.155 e. The highest BCUT2D eigenvalue weighted by Crippen LogP contribution is 2.32. The van der Waals surface area contributed by atoms with Crippen LogP contribution in [0.1, 0.15) is 25.0 Å². The number of pyridine rings is 1. The van der Waals surface area contributed by atoms with E-state index < -0.39 is 0 Å². The number of hydrogen-bond donors (Lipinski definition) is 2. The molecule has 2 aromatic heterocycles. The molecule has 0 amide bonds. The third-order valence-corrected chi connectivity index (χ3v) is 4.33. The highest BCUT2D eigenvalue weighted by atomic mass is 15.1. The quantitative estimate of drug-likeness (QED) is 0.708. The Labute approximate surface area is 136 Å². The SMILES string of the molecule is C=CCc1cc(-c2ccnc3[nH]ncc23)cc(C(C)(C)CN)c1. The number of aromatic nitrogens is 3. The third-order valence-electron chi connectivity index (χ3n) is 4.33. The van der Waals surface area contributed by atoms with E-state index in [-0.39, 0.29) is 5.41 Å². The van der Waals surface area contributed by atoms with Crippen LogP contribution in [0.2, 0.25) is 0 Å². The molecule has 0 aliphatic carbocycles. The Morgan fingerprint density at radius 1 is 1.30 bits per heavy atom. The lowest BCUT2D eigenvalue weighted by atomic mass is 9.82. The van der Waals surface area contributed by atoms with Crippen molar-refractivity contribution in [2.45, 2.75) is 25.7 Å². The predicted octanol–water partition coefficient (Wildman–Crippen LogP) is 3.59. The lowest BCUT2D eigenvalue weighted by Gasteiger charge is -2.25. The first kappa shape index (κ1) is 15.4. The van der Waals surface area contributed by atoms with Gasteiger partial charge in [-0.05, 0) is 34.7 Å². The van der Waals surface area contributed by atoms with E-state index in [1.807, 2.05) is 24.5 Å². The number of rotatable bonds is 5. The molecule has 0 spiro atoms. The topological polar surface area (TPSA) is 67.6 Å². The van der Waals surface area contributed by atoms with Gasteiger partial charge in [0.25, 0.3) is 0 Å². The van der Waals surface area contributed by atoms with Crippen LogP contribution >= 0.6 is 0 Å². The molecule has 0 bridgehead atoms. The number of aromatic amines is 1. The first-order chi connectivity index (χ1) is 11.0. The summed E-state index contributed by atoms with van der Waals surface area (Å²) in [6.07, 6.45) is 6.40. The highest BCUT2D eigenvalue weighted by Gasteiger charge is 2.20. The zero-order chi connectivity index (χ0) is 16.4. The van der Waals surface area contributed by atoms with E-state index in [1.165, 1.54) is 11.1 Å². The highest BCUT2D eigenvalue weighted by molar-refractivity contribution is 5.92.